The number of nitrogens with zero attached hydrogens (tertiary/aromatic N) is 4. The Morgan fingerprint density at radius 3 is 3.00 bits per heavy atom. The molecule has 7 nitrogen and oxygen atoms in total. The van der Waals surface area contributed by atoms with Crippen LogP contribution in [0, 0.1) is 5.92 Å². The van der Waals surface area contributed by atoms with E-state index in [-0.39, 0.29) is 11.8 Å². The largest absolute Gasteiger partial charge is 0.330 e. The van der Waals surface area contributed by atoms with Gasteiger partial charge in [0.1, 0.15) is 6.33 Å². The third-order valence-electron chi connectivity index (χ3n) is 3.02. The van der Waals surface area contributed by atoms with Crippen molar-refractivity contribution in [3.05, 3.63) is 30.6 Å². The number of aromatic nitrogens is 4. The van der Waals surface area contributed by atoms with E-state index in [1.165, 1.54) is 11.0 Å². The Morgan fingerprint density at radius 2 is 2.35 bits per heavy atom. The smallest absolute Gasteiger partial charge is 0.228 e. The van der Waals surface area contributed by atoms with E-state index in [0.29, 0.717) is 12.2 Å². The molecule has 20 heavy (non-hydrogen) atoms. The van der Waals surface area contributed by atoms with Crippen molar-refractivity contribution >= 4 is 11.6 Å². The van der Waals surface area contributed by atoms with E-state index in [0.717, 1.165) is 18.5 Å². The van der Waals surface area contributed by atoms with Gasteiger partial charge in [0, 0.05) is 12.2 Å². The molecule has 1 atom stereocenters. The molecule has 7 heteroatoms. The van der Waals surface area contributed by atoms with Gasteiger partial charge in [0.2, 0.25) is 5.91 Å². The summed E-state index contributed by atoms with van der Waals surface area (Å²) < 4.78 is 1.53. The zero-order valence-electron chi connectivity index (χ0n) is 11.4. The minimum absolute atomic E-state index is 0.0526. The summed E-state index contributed by atoms with van der Waals surface area (Å²) in [5.41, 5.74) is 7.12. The Kier molecular flexibility index (Phi) is 4.78. The molecule has 1 heterocycles. The zero-order valence-corrected chi connectivity index (χ0v) is 11.4. The summed E-state index contributed by atoms with van der Waals surface area (Å²) >= 11 is 0. The van der Waals surface area contributed by atoms with E-state index < -0.39 is 0 Å². The minimum Gasteiger partial charge on any atom is -0.330 e. The first-order chi connectivity index (χ1) is 9.74. The lowest BCUT2D eigenvalue weighted by Crippen LogP contribution is -2.29. The number of benzene rings is 1. The molecule has 0 bridgehead atoms. The number of carbonyl (C=O) groups is 1. The second-order valence-corrected chi connectivity index (χ2v) is 4.52. The van der Waals surface area contributed by atoms with Crippen molar-refractivity contribution in [2.45, 2.75) is 19.8 Å². The summed E-state index contributed by atoms with van der Waals surface area (Å²) in [7, 11) is 0. The molecule has 0 saturated carbocycles. The molecule has 3 N–H and O–H groups in total. The van der Waals surface area contributed by atoms with Gasteiger partial charge in [-0.05, 0) is 35.0 Å². The lowest BCUT2D eigenvalue weighted by molar-refractivity contribution is -0.119. The molecule has 1 aromatic heterocycles. The topological polar surface area (TPSA) is 98.7 Å². The quantitative estimate of drug-likeness (QED) is 0.818. The van der Waals surface area contributed by atoms with E-state index in [4.69, 9.17) is 5.73 Å². The highest BCUT2D eigenvalue weighted by atomic mass is 16.1. The number of nitrogens with two attached hydrogens (primary N) is 1. The van der Waals surface area contributed by atoms with Crippen LogP contribution >= 0.6 is 0 Å². The van der Waals surface area contributed by atoms with Crippen LogP contribution in [0.4, 0.5) is 5.69 Å². The Morgan fingerprint density at radius 1 is 1.50 bits per heavy atom. The number of tetrazole rings is 1. The first-order valence-electron chi connectivity index (χ1n) is 6.59. The molecule has 1 amide bonds. The zero-order chi connectivity index (χ0) is 14.4. The molecule has 1 aromatic carbocycles. The molecular weight excluding hydrogens is 256 g/mol. The summed E-state index contributed by atoms with van der Waals surface area (Å²) in [4.78, 5) is 12.1. The van der Waals surface area contributed by atoms with Crippen LogP contribution in [0.2, 0.25) is 0 Å². The molecule has 0 fully saturated rings. The highest BCUT2D eigenvalue weighted by Gasteiger charge is 2.15. The maximum atomic E-state index is 12.1. The standard InChI is InChI=1S/C13H18N6O/c1-2-4-10(8-14)13(20)16-11-5-3-6-12(7-11)19-9-15-17-18-19/h3,5-7,9-10H,2,4,8,14H2,1H3,(H,16,20). The highest BCUT2D eigenvalue weighted by molar-refractivity contribution is 5.92. The molecular formula is C13H18N6O. The molecule has 0 spiro atoms. The Hall–Kier alpha value is -2.28. The fraction of sp³-hybridized carbons (Fsp3) is 0.385. The number of nitrogens with one attached hydrogen (secondary N) is 1. The van der Waals surface area contributed by atoms with Crippen LogP contribution in [0.1, 0.15) is 19.8 Å². The van der Waals surface area contributed by atoms with Gasteiger partial charge in [-0.3, -0.25) is 4.79 Å². The molecule has 0 aliphatic rings. The van der Waals surface area contributed by atoms with Crippen molar-refractivity contribution in [2.75, 3.05) is 11.9 Å². The molecule has 1 unspecified atom stereocenters. The second-order valence-electron chi connectivity index (χ2n) is 4.52. The predicted octanol–water partition coefficient (Wildman–Crippen LogP) is 0.976. The lowest BCUT2D eigenvalue weighted by atomic mass is 10.0. The highest BCUT2D eigenvalue weighted by Crippen LogP contribution is 2.15. The van der Waals surface area contributed by atoms with Gasteiger partial charge in [0.05, 0.1) is 11.6 Å². The van der Waals surface area contributed by atoms with Crippen LogP contribution < -0.4 is 11.1 Å². The van der Waals surface area contributed by atoms with E-state index >= 15 is 0 Å². The summed E-state index contributed by atoms with van der Waals surface area (Å²) in [5, 5.41) is 13.9. The molecule has 2 aromatic rings. The van der Waals surface area contributed by atoms with Gasteiger partial charge in [-0.2, -0.15) is 0 Å². The van der Waals surface area contributed by atoms with Crippen molar-refractivity contribution in [3.8, 4) is 5.69 Å². The number of rotatable bonds is 6. The summed E-state index contributed by atoms with van der Waals surface area (Å²) in [6.45, 7) is 2.39. The van der Waals surface area contributed by atoms with Gasteiger partial charge in [0.15, 0.2) is 0 Å². The van der Waals surface area contributed by atoms with Gasteiger partial charge in [-0.15, -0.1) is 5.10 Å². The van der Waals surface area contributed by atoms with Crippen LogP contribution in [-0.4, -0.2) is 32.7 Å². The summed E-state index contributed by atoms with van der Waals surface area (Å²) in [6, 6.07) is 7.33. The van der Waals surface area contributed by atoms with Crippen LogP contribution in [0.3, 0.4) is 0 Å². The van der Waals surface area contributed by atoms with Crippen LogP contribution in [0.15, 0.2) is 30.6 Å². The third kappa shape index (κ3) is 3.39. The van der Waals surface area contributed by atoms with Gasteiger partial charge in [-0.25, -0.2) is 4.68 Å². The van der Waals surface area contributed by atoms with E-state index in [2.05, 4.69) is 20.8 Å². The van der Waals surface area contributed by atoms with E-state index in [1.54, 1.807) is 0 Å². The fourth-order valence-corrected chi connectivity index (χ4v) is 1.95. The number of carbonyl (C=O) groups excluding carboxylic acids is 1. The minimum atomic E-state index is -0.156. The van der Waals surface area contributed by atoms with Gasteiger partial charge >= 0.3 is 0 Å². The molecule has 2 rings (SSSR count). The van der Waals surface area contributed by atoms with Gasteiger partial charge < -0.3 is 11.1 Å². The Bertz CT molecular complexity index is 554. The third-order valence-corrected chi connectivity index (χ3v) is 3.02. The SMILES string of the molecule is CCCC(CN)C(=O)Nc1cccc(-n2cnnn2)c1. The summed E-state index contributed by atoms with van der Waals surface area (Å²) in [5.74, 6) is -0.208. The number of hydrogen-bond acceptors (Lipinski definition) is 5. The molecule has 0 radical (unpaired) electrons. The van der Waals surface area contributed by atoms with Crippen LogP contribution in [0.5, 0.6) is 0 Å². The molecule has 0 saturated heterocycles. The maximum Gasteiger partial charge on any atom is 0.228 e. The second kappa shape index (κ2) is 6.76. The van der Waals surface area contributed by atoms with Crippen molar-refractivity contribution in [2.24, 2.45) is 11.7 Å². The normalized spacial score (nSPS) is 12.1. The lowest BCUT2D eigenvalue weighted by Gasteiger charge is -2.14. The first-order valence-corrected chi connectivity index (χ1v) is 6.59. The monoisotopic (exact) mass is 274 g/mol. The predicted molar refractivity (Wildman–Crippen MR) is 75.2 cm³/mol. The van der Waals surface area contributed by atoms with E-state index in [1.807, 2.05) is 31.2 Å². The van der Waals surface area contributed by atoms with Crippen molar-refractivity contribution in [1.82, 2.24) is 20.2 Å². The Balaban J connectivity index is 2.10. The van der Waals surface area contributed by atoms with Crippen LogP contribution in [-0.2, 0) is 4.79 Å². The first kappa shape index (κ1) is 14.1. The van der Waals surface area contributed by atoms with Crippen molar-refractivity contribution in [3.63, 3.8) is 0 Å². The van der Waals surface area contributed by atoms with E-state index in [9.17, 15) is 4.79 Å². The molecule has 0 aliphatic heterocycles. The van der Waals surface area contributed by atoms with Crippen LogP contribution in [0.25, 0.3) is 5.69 Å². The van der Waals surface area contributed by atoms with Crippen molar-refractivity contribution < 1.29 is 4.79 Å². The maximum absolute atomic E-state index is 12.1. The van der Waals surface area contributed by atoms with Crippen molar-refractivity contribution in [1.29, 1.82) is 0 Å². The molecule has 106 valence electrons. The number of anilines is 1. The Labute approximate surface area is 117 Å². The number of amides is 1. The van der Waals surface area contributed by atoms with Gasteiger partial charge in [-0.1, -0.05) is 19.4 Å². The number of hydrogen-bond donors (Lipinski definition) is 2. The fourth-order valence-electron chi connectivity index (χ4n) is 1.95. The molecule has 0 aliphatic carbocycles. The average Bonchev–Trinajstić information content (AvgIpc) is 2.99. The average molecular weight is 274 g/mol. The van der Waals surface area contributed by atoms with Gasteiger partial charge in [0.25, 0.3) is 0 Å². The summed E-state index contributed by atoms with van der Waals surface area (Å²) in [6.07, 6.45) is 3.22.